The number of para-hydroxylation sites is 2. The van der Waals surface area contributed by atoms with Crippen LogP contribution in [0.4, 0.5) is 0 Å². The van der Waals surface area contributed by atoms with Gasteiger partial charge in [0.2, 0.25) is 0 Å². The summed E-state index contributed by atoms with van der Waals surface area (Å²) in [5, 5.41) is 4.27. The number of hydrogen-bond acceptors (Lipinski definition) is 5. The van der Waals surface area contributed by atoms with Crippen LogP contribution in [0.1, 0.15) is 82.7 Å². The van der Waals surface area contributed by atoms with Crippen molar-refractivity contribution in [2.45, 2.75) is 89.9 Å². The summed E-state index contributed by atoms with van der Waals surface area (Å²) in [6, 6.07) is 53.5. The van der Waals surface area contributed by atoms with Gasteiger partial charge in [0.05, 0.1) is 22.4 Å². The summed E-state index contributed by atoms with van der Waals surface area (Å²) >= 11 is -1.87. The fraction of sp³-hybridized carbons (Fsp3) is 0.230. The maximum atomic E-state index is 6.68. The molecule has 5 heterocycles. The molecule has 5 aromatic heterocycles. The topological polar surface area (TPSA) is 69.9 Å². The van der Waals surface area contributed by atoms with E-state index in [-0.39, 0.29) is 25.5 Å². The van der Waals surface area contributed by atoms with Gasteiger partial charge in [-0.3, -0.25) is 4.98 Å². The van der Waals surface area contributed by atoms with Crippen LogP contribution in [-0.4, -0.2) is 32.8 Å². The first-order chi connectivity index (χ1) is 32.5. The molecule has 0 N–H and O–H groups in total. The largest absolute Gasteiger partial charge is 0.501 e. The molecule has 8 heteroatoms. The predicted molar refractivity (Wildman–Crippen MR) is 286 cm³/mol. The van der Waals surface area contributed by atoms with Crippen molar-refractivity contribution in [2.75, 3.05) is 0 Å². The van der Waals surface area contributed by atoms with Crippen molar-refractivity contribution in [3.8, 4) is 39.5 Å². The average molecular weight is 1140 g/mol. The second-order valence-electron chi connectivity index (χ2n) is 20.8. The van der Waals surface area contributed by atoms with E-state index in [0.29, 0.717) is 17.5 Å². The van der Waals surface area contributed by atoms with Gasteiger partial charge in [0.1, 0.15) is 5.58 Å². The Morgan fingerprint density at radius 2 is 1.26 bits per heavy atom. The van der Waals surface area contributed by atoms with Gasteiger partial charge in [0.15, 0.2) is 0 Å². The van der Waals surface area contributed by atoms with Gasteiger partial charge in [-0.25, -0.2) is 0 Å². The normalized spacial score (nSPS) is 12.1. The molecule has 0 aliphatic rings. The second kappa shape index (κ2) is 18.7. The van der Waals surface area contributed by atoms with Crippen LogP contribution in [0.25, 0.3) is 94.5 Å². The zero-order valence-corrected chi connectivity index (χ0v) is 45.9. The Morgan fingerprint density at radius 3 is 1.91 bits per heavy atom. The second-order valence-corrected chi connectivity index (χ2v) is 31.5. The van der Waals surface area contributed by atoms with Crippen LogP contribution < -0.4 is 4.40 Å². The summed E-state index contributed by atoms with van der Waals surface area (Å²) in [6.07, 6.45) is 2.03. The summed E-state index contributed by atoms with van der Waals surface area (Å²) in [5.41, 5.74) is 16.3. The first-order valence-corrected chi connectivity index (χ1v) is 31.2. The van der Waals surface area contributed by atoms with Crippen LogP contribution in [0.3, 0.4) is 0 Å². The van der Waals surface area contributed by atoms with E-state index < -0.39 is 13.3 Å². The minimum Gasteiger partial charge on any atom is -0.501 e. The molecule has 11 rings (SSSR count). The Labute approximate surface area is 421 Å². The maximum absolute atomic E-state index is 6.68. The minimum absolute atomic E-state index is 0. The third-order valence-corrected chi connectivity index (χ3v) is 17.3. The first-order valence-electron chi connectivity index (χ1n) is 23.8. The summed E-state index contributed by atoms with van der Waals surface area (Å²) in [5.74, 6) is 8.67. The molecule has 6 aromatic carbocycles. The third kappa shape index (κ3) is 9.02. The number of benzene rings is 6. The summed E-state index contributed by atoms with van der Waals surface area (Å²) in [6.45, 7) is 17.8. The van der Waals surface area contributed by atoms with Crippen molar-refractivity contribution in [2.24, 2.45) is 0 Å². The van der Waals surface area contributed by atoms with Crippen molar-refractivity contribution in [1.29, 1.82) is 0 Å². The smallest absolute Gasteiger partial charge is 0.121 e. The van der Waals surface area contributed by atoms with Crippen LogP contribution in [0, 0.1) is 19.1 Å². The molecule has 0 aliphatic carbocycles. The Kier molecular flexibility index (Phi) is 13.0. The van der Waals surface area contributed by atoms with Crippen molar-refractivity contribution >= 4 is 72.7 Å². The molecule has 11 aromatic rings. The van der Waals surface area contributed by atoms with Gasteiger partial charge in [-0.2, -0.15) is 0 Å². The summed E-state index contributed by atoms with van der Waals surface area (Å²) < 4.78 is 16.6. The molecule has 6 nitrogen and oxygen atoms in total. The van der Waals surface area contributed by atoms with E-state index in [0.717, 1.165) is 83.2 Å². The van der Waals surface area contributed by atoms with E-state index in [4.69, 9.17) is 23.8 Å². The molecule has 0 saturated heterocycles. The van der Waals surface area contributed by atoms with E-state index in [1.165, 1.54) is 32.3 Å². The Bertz CT molecular complexity index is 3630. The van der Waals surface area contributed by atoms with Crippen LogP contribution in [0.5, 0.6) is 0 Å². The number of aromatic nitrogens is 4. The Hall–Kier alpha value is -6.12. The molecule has 0 amide bonds. The Balaban J connectivity index is 0.000000184. The van der Waals surface area contributed by atoms with Gasteiger partial charge < -0.3 is 8.98 Å². The van der Waals surface area contributed by atoms with E-state index in [1.54, 1.807) is 0 Å². The molecule has 0 fully saturated rings. The molecule has 349 valence electrons. The zero-order chi connectivity index (χ0) is 47.6. The molecular formula is C61H58GeIrN4O2-2. The van der Waals surface area contributed by atoms with Crippen molar-refractivity contribution in [3.63, 3.8) is 0 Å². The number of imidazole rings is 1. The van der Waals surface area contributed by atoms with Crippen LogP contribution >= 0.6 is 0 Å². The van der Waals surface area contributed by atoms with Crippen molar-refractivity contribution < 1.29 is 28.9 Å². The molecule has 69 heavy (non-hydrogen) atoms. The molecule has 0 aliphatic heterocycles. The maximum Gasteiger partial charge on any atom is 0.121 e. The molecule has 1 radical (unpaired) electrons. The van der Waals surface area contributed by atoms with Crippen LogP contribution in [0.15, 0.2) is 148 Å². The zero-order valence-electron chi connectivity index (χ0n) is 41.4. The number of nitrogens with zero attached hydrogens (tertiary/aromatic N) is 4. The minimum atomic E-state index is -1.87. The molecule has 0 bridgehead atoms. The van der Waals surface area contributed by atoms with Crippen molar-refractivity contribution in [3.05, 3.63) is 174 Å². The fourth-order valence-electron chi connectivity index (χ4n) is 9.33. The molecule has 0 atom stereocenters. The van der Waals surface area contributed by atoms with E-state index in [2.05, 4.69) is 199 Å². The number of fused-ring (bicyclic) bond motifs is 7. The molecular weight excluding hydrogens is 1090 g/mol. The molecule has 0 spiro atoms. The predicted octanol–water partition coefficient (Wildman–Crippen LogP) is 16.3. The number of pyridine rings is 2. The van der Waals surface area contributed by atoms with E-state index in [9.17, 15) is 0 Å². The van der Waals surface area contributed by atoms with Gasteiger partial charge in [0.25, 0.3) is 0 Å². The standard InChI is InChI=1S/C38H33N2O.C23H25GeN2O.Ir/c1-23(2)31-20-25(5)21-32(24(3)4)36(31)40-34-17-10-9-16-33(34)39-38(40)30-15-11-14-29-28-19-18-27(22-35(28)41-37(29)30)26-12-7-6-8-13-26;1-23(2,3)20-13-11-17-16-8-7-9-18(21(16)27-22(17)26-20)19-12-10-15(14-25-19)24(4,5)6;/h6-14,16-24H,1-5H3;7-8,10-14H,1-6H3;/q2*-1;. The average Bonchev–Trinajstić information content (AvgIpc) is 4.02. The Morgan fingerprint density at radius 1 is 0.623 bits per heavy atom. The van der Waals surface area contributed by atoms with Gasteiger partial charge >= 0.3 is 163 Å². The van der Waals surface area contributed by atoms with Crippen LogP contribution in [-0.2, 0) is 25.5 Å². The monoisotopic (exact) mass is 1150 g/mol. The van der Waals surface area contributed by atoms with Crippen LogP contribution in [0.2, 0.25) is 17.3 Å². The fourth-order valence-corrected chi connectivity index (χ4v) is 11.5. The summed E-state index contributed by atoms with van der Waals surface area (Å²) in [4.78, 5) is 14.7. The number of rotatable bonds is 7. The molecule has 0 saturated carbocycles. The first kappa shape index (κ1) is 47.9. The van der Waals surface area contributed by atoms with Gasteiger partial charge in [0, 0.05) is 31.2 Å². The SMILES string of the molecule is CC(C)(C)c1ccc2c(n1)oc1c(-c3cc[c]([Ge]([CH3])([CH3])[CH3])cn3)[c-]ccc12.Cc1cc(C(C)C)c(-n2c(-c3[c-]ccc4c3oc3cc(-c5ccccc5)ccc34)nc3ccccc32)c(C(C)C)c1.[Ir]. The number of aryl methyl sites for hydroxylation is 1. The number of hydrogen-bond donors (Lipinski definition) is 0. The van der Waals surface area contributed by atoms with Gasteiger partial charge in [-0.1, -0.05) is 111 Å². The van der Waals surface area contributed by atoms with Gasteiger partial charge in [-0.15, -0.1) is 18.2 Å². The van der Waals surface area contributed by atoms with E-state index in [1.807, 2.05) is 30.5 Å². The third-order valence-electron chi connectivity index (χ3n) is 13.1. The van der Waals surface area contributed by atoms with Gasteiger partial charge in [-0.05, 0) is 59.2 Å². The molecule has 0 unspecified atom stereocenters. The number of furan rings is 2. The summed E-state index contributed by atoms with van der Waals surface area (Å²) in [7, 11) is 0. The van der Waals surface area contributed by atoms with E-state index >= 15 is 0 Å². The van der Waals surface area contributed by atoms with Crippen molar-refractivity contribution in [1.82, 2.24) is 19.5 Å². The quantitative estimate of drug-likeness (QED) is 0.117.